The zero-order valence-electron chi connectivity index (χ0n) is 10.1. The van der Waals surface area contributed by atoms with E-state index in [0.29, 0.717) is 6.08 Å². The van der Waals surface area contributed by atoms with Gasteiger partial charge in [-0.05, 0) is 25.5 Å². The molecule has 6 heteroatoms. The van der Waals surface area contributed by atoms with Crippen LogP contribution in [-0.2, 0) is 19.1 Å². The van der Waals surface area contributed by atoms with E-state index in [1.807, 2.05) is 0 Å². The van der Waals surface area contributed by atoms with Crippen molar-refractivity contribution in [2.75, 3.05) is 6.61 Å². The summed E-state index contributed by atoms with van der Waals surface area (Å²) in [6.07, 6.45) is 1.57. The van der Waals surface area contributed by atoms with Crippen LogP contribution >= 0.6 is 0 Å². The lowest BCUT2D eigenvalue weighted by atomic mass is 10.0. The van der Waals surface area contributed by atoms with Crippen molar-refractivity contribution in [3.05, 3.63) is 35.5 Å². The molecule has 0 fully saturated rings. The third-order valence-electron chi connectivity index (χ3n) is 2.00. The first-order valence-electron chi connectivity index (χ1n) is 5.02. The Balaban J connectivity index is 5.35. The largest absolute Gasteiger partial charge is 0.478 e. The number of carbonyl (C=O) groups excluding carboxylic acids is 1. The molecular weight excluding hydrogens is 240 g/mol. The average Bonchev–Trinajstić information content (AvgIpc) is 2.27. The molecule has 0 atom stereocenters. The van der Waals surface area contributed by atoms with Crippen LogP contribution in [0.25, 0.3) is 0 Å². The van der Waals surface area contributed by atoms with Gasteiger partial charge in [-0.1, -0.05) is 6.58 Å². The van der Waals surface area contributed by atoms with Gasteiger partial charge in [0.2, 0.25) is 0 Å². The number of carboxylic acid groups (broad SMARTS) is 2. The van der Waals surface area contributed by atoms with Gasteiger partial charge in [0.25, 0.3) is 0 Å². The fourth-order valence-electron chi connectivity index (χ4n) is 1.05. The highest BCUT2D eigenvalue weighted by Crippen LogP contribution is 2.16. The average molecular weight is 254 g/mol. The summed E-state index contributed by atoms with van der Waals surface area (Å²) in [4.78, 5) is 32.6. The van der Waals surface area contributed by atoms with E-state index in [9.17, 15) is 14.4 Å². The predicted octanol–water partition coefficient (Wildman–Crippen LogP) is 1.15. The van der Waals surface area contributed by atoms with E-state index >= 15 is 0 Å². The van der Waals surface area contributed by atoms with Crippen LogP contribution in [0.5, 0.6) is 0 Å². The number of esters is 1. The Bertz CT molecular complexity index is 441. The second kappa shape index (κ2) is 7.05. The van der Waals surface area contributed by atoms with Gasteiger partial charge in [0.1, 0.15) is 0 Å². The van der Waals surface area contributed by atoms with Crippen LogP contribution in [0, 0.1) is 0 Å². The Labute approximate surface area is 104 Å². The number of hydrogen-bond donors (Lipinski definition) is 2. The number of carboxylic acids is 2. The molecule has 18 heavy (non-hydrogen) atoms. The summed E-state index contributed by atoms with van der Waals surface area (Å²) in [6.45, 7) is 6.52. The standard InChI is InChI=1S/C12H14O6/c1-4-18-12(17)8(3)7(2)9(11(15)16)5-6-10(13)14/h5-6H,3-4H2,1-2H3,(H,13,14)(H,15,16). The molecule has 0 spiro atoms. The van der Waals surface area contributed by atoms with E-state index in [1.54, 1.807) is 6.92 Å². The first kappa shape index (κ1) is 15.6. The second-order valence-corrected chi connectivity index (χ2v) is 3.21. The van der Waals surface area contributed by atoms with Crippen molar-refractivity contribution in [3.8, 4) is 0 Å². The van der Waals surface area contributed by atoms with Crippen molar-refractivity contribution in [1.29, 1.82) is 0 Å². The maximum Gasteiger partial charge on any atom is 0.337 e. The third-order valence-corrected chi connectivity index (χ3v) is 2.00. The van der Waals surface area contributed by atoms with Gasteiger partial charge >= 0.3 is 17.9 Å². The molecule has 6 nitrogen and oxygen atoms in total. The summed E-state index contributed by atoms with van der Waals surface area (Å²) in [5.74, 6) is -3.38. The summed E-state index contributed by atoms with van der Waals surface area (Å²) >= 11 is 0. The van der Waals surface area contributed by atoms with E-state index in [4.69, 9.17) is 10.2 Å². The fourth-order valence-corrected chi connectivity index (χ4v) is 1.05. The number of ether oxygens (including phenoxy) is 1. The molecule has 0 aromatic heterocycles. The smallest absolute Gasteiger partial charge is 0.337 e. The Kier molecular flexibility index (Phi) is 6.12. The van der Waals surface area contributed by atoms with Crippen LogP contribution in [-0.4, -0.2) is 34.7 Å². The number of hydrogen-bond acceptors (Lipinski definition) is 4. The van der Waals surface area contributed by atoms with E-state index in [2.05, 4.69) is 11.3 Å². The summed E-state index contributed by atoms with van der Waals surface area (Å²) in [5, 5.41) is 17.4. The van der Waals surface area contributed by atoms with E-state index in [-0.39, 0.29) is 23.3 Å². The molecule has 2 N–H and O–H groups in total. The van der Waals surface area contributed by atoms with Crippen molar-refractivity contribution in [2.24, 2.45) is 0 Å². The Morgan fingerprint density at radius 3 is 2.17 bits per heavy atom. The predicted molar refractivity (Wildman–Crippen MR) is 62.9 cm³/mol. The SMILES string of the molecule is C=C(C(=O)OCC)C(C)=C(C=CC(=O)O)C(=O)O. The summed E-state index contributed by atoms with van der Waals surface area (Å²) in [5.41, 5.74) is -0.391. The number of rotatable bonds is 6. The van der Waals surface area contributed by atoms with E-state index < -0.39 is 17.9 Å². The van der Waals surface area contributed by atoms with Crippen molar-refractivity contribution >= 4 is 17.9 Å². The molecule has 0 amide bonds. The van der Waals surface area contributed by atoms with Crippen molar-refractivity contribution in [2.45, 2.75) is 13.8 Å². The molecular formula is C12H14O6. The van der Waals surface area contributed by atoms with Crippen LogP contribution in [0.1, 0.15) is 13.8 Å². The van der Waals surface area contributed by atoms with Gasteiger partial charge in [0, 0.05) is 6.08 Å². The van der Waals surface area contributed by atoms with Crippen LogP contribution in [0.4, 0.5) is 0 Å². The normalized spacial score (nSPS) is 11.9. The molecule has 0 aliphatic carbocycles. The lowest BCUT2D eigenvalue weighted by Gasteiger charge is -2.07. The summed E-state index contributed by atoms with van der Waals surface area (Å²) in [6, 6.07) is 0. The minimum absolute atomic E-state index is 0.0541. The van der Waals surface area contributed by atoms with E-state index in [0.717, 1.165) is 6.08 Å². The molecule has 98 valence electrons. The van der Waals surface area contributed by atoms with Gasteiger partial charge in [0.05, 0.1) is 17.8 Å². The Morgan fingerprint density at radius 2 is 1.78 bits per heavy atom. The quantitative estimate of drug-likeness (QED) is 0.419. The highest BCUT2D eigenvalue weighted by molar-refractivity contribution is 5.99. The van der Waals surface area contributed by atoms with Crippen LogP contribution in [0.3, 0.4) is 0 Å². The minimum atomic E-state index is -1.35. The van der Waals surface area contributed by atoms with Crippen LogP contribution in [0.15, 0.2) is 35.5 Å². The van der Waals surface area contributed by atoms with Gasteiger partial charge < -0.3 is 14.9 Å². The number of aliphatic carboxylic acids is 2. The monoisotopic (exact) mass is 254 g/mol. The lowest BCUT2D eigenvalue weighted by Crippen LogP contribution is -2.11. The zero-order valence-corrected chi connectivity index (χ0v) is 10.1. The summed E-state index contributed by atoms with van der Waals surface area (Å²) in [7, 11) is 0. The van der Waals surface area contributed by atoms with Crippen molar-refractivity contribution < 1.29 is 29.3 Å². The highest BCUT2D eigenvalue weighted by Gasteiger charge is 2.16. The number of carbonyl (C=O) groups is 3. The molecule has 0 saturated carbocycles. The van der Waals surface area contributed by atoms with Gasteiger partial charge in [-0.2, -0.15) is 0 Å². The summed E-state index contributed by atoms with van der Waals surface area (Å²) < 4.78 is 4.67. The lowest BCUT2D eigenvalue weighted by molar-refractivity contribution is -0.138. The molecule has 0 unspecified atom stereocenters. The Morgan fingerprint density at radius 1 is 1.22 bits per heavy atom. The van der Waals surface area contributed by atoms with Gasteiger partial charge in [-0.25, -0.2) is 14.4 Å². The molecule has 0 heterocycles. The van der Waals surface area contributed by atoms with Crippen LogP contribution in [0.2, 0.25) is 0 Å². The molecule has 0 aliphatic heterocycles. The van der Waals surface area contributed by atoms with E-state index in [1.165, 1.54) is 6.92 Å². The molecule has 0 aliphatic rings. The fraction of sp³-hybridized carbons (Fsp3) is 0.250. The van der Waals surface area contributed by atoms with Crippen LogP contribution < -0.4 is 0 Å². The van der Waals surface area contributed by atoms with Gasteiger partial charge in [-0.15, -0.1) is 0 Å². The maximum absolute atomic E-state index is 11.4. The molecule has 0 aromatic carbocycles. The molecule has 0 rings (SSSR count). The molecule has 0 saturated heterocycles. The maximum atomic E-state index is 11.4. The van der Waals surface area contributed by atoms with Crippen molar-refractivity contribution in [3.63, 3.8) is 0 Å². The first-order valence-corrected chi connectivity index (χ1v) is 5.02. The molecule has 0 bridgehead atoms. The van der Waals surface area contributed by atoms with Crippen molar-refractivity contribution in [1.82, 2.24) is 0 Å². The first-order chi connectivity index (χ1) is 8.31. The topological polar surface area (TPSA) is 101 Å². The van der Waals surface area contributed by atoms with Gasteiger partial charge in [-0.3, -0.25) is 0 Å². The Hall–Kier alpha value is -2.37. The van der Waals surface area contributed by atoms with Gasteiger partial charge in [0.15, 0.2) is 0 Å². The highest BCUT2D eigenvalue weighted by atomic mass is 16.5. The molecule has 0 radical (unpaired) electrons. The third kappa shape index (κ3) is 4.65. The molecule has 0 aromatic rings. The zero-order chi connectivity index (χ0) is 14.3. The second-order valence-electron chi connectivity index (χ2n) is 3.21. The minimum Gasteiger partial charge on any atom is -0.478 e.